The number of carbonyl (C=O) groups excluding carboxylic acids is 2. The molecule has 0 bridgehead atoms. The molecule has 64 valence electrons. The first-order chi connectivity index (χ1) is 5.56. The van der Waals surface area contributed by atoms with Crippen LogP contribution in [0.5, 0.6) is 0 Å². The van der Waals surface area contributed by atoms with Crippen LogP contribution in [0.3, 0.4) is 0 Å². The van der Waals surface area contributed by atoms with Gasteiger partial charge in [-0.15, -0.1) is 6.42 Å². The Hall–Kier alpha value is -1.54. The molecule has 1 rings (SSSR count). The molecule has 0 aromatic heterocycles. The highest BCUT2D eigenvalue weighted by atomic mass is 16.8. The Bertz CT molecular complexity index is 243. The van der Waals surface area contributed by atoms with E-state index in [1.54, 1.807) is 5.92 Å². The lowest BCUT2D eigenvalue weighted by Gasteiger charge is -2.17. The number of hydrogen-bond acceptors (Lipinski definition) is 5. The van der Waals surface area contributed by atoms with Gasteiger partial charge in [-0.25, -0.2) is 0 Å². The molecule has 1 N–H and O–H groups in total. The molecule has 1 fully saturated rings. The molecule has 1 saturated heterocycles. The van der Waals surface area contributed by atoms with Gasteiger partial charge in [-0.2, -0.15) is 0 Å². The van der Waals surface area contributed by atoms with Gasteiger partial charge < -0.3 is 14.6 Å². The minimum atomic E-state index is -2.52. The van der Waals surface area contributed by atoms with Gasteiger partial charge in [-0.1, -0.05) is 0 Å². The predicted molar refractivity (Wildman–Crippen MR) is 35.2 cm³/mol. The molecule has 0 atom stereocenters. The molecule has 0 saturated carbocycles. The number of terminal acetylenes is 1. The van der Waals surface area contributed by atoms with E-state index in [0.29, 0.717) is 0 Å². The number of esters is 2. The lowest BCUT2D eigenvalue weighted by molar-refractivity contribution is -0.284. The van der Waals surface area contributed by atoms with Crippen LogP contribution < -0.4 is 0 Å². The third-order valence-electron chi connectivity index (χ3n) is 1.22. The van der Waals surface area contributed by atoms with E-state index in [0.717, 1.165) is 0 Å². The van der Waals surface area contributed by atoms with E-state index in [-0.39, 0.29) is 12.8 Å². The van der Waals surface area contributed by atoms with Gasteiger partial charge >= 0.3 is 17.9 Å². The second-order valence-electron chi connectivity index (χ2n) is 2.17. The zero-order valence-corrected chi connectivity index (χ0v) is 6.07. The van der Waals surface area contributed by atoms with Crippen molar-refractivity contribution < 1.29 is 24.2 Å². The molecular weight excluding hydrogens is 164 g/mol. The maximum Gasteiger partial charge on any atom is 0.445 e. The van der Waals surface area contributed by atoms with Gasteiger partial charge in [0.25, 0.3) is 0 Å². The highest BCUT2D eigenvalue weighted by Gasteiger charge is 2.37. The van der Waals surface area contributed by atoms with Crippen molar-refractivity contribution in [3.8, 4) is 12.3 Å². The van der Waals surface area contributed by atoms with Gasteiger partial charge in [0.1, 0.15) is 0 Å². The summed E-state index contributed by atoms with van der Waals surface area (Å²) in [6, 6.07) is 0. The quantitative estimate of drug-likeness (QED) is 0.378. The van der Waals surface area contributed by atoms with Crippen molar-refractivity contribution in [3.05, 3.63) is 0 Å². The molecule has 1 aliphatic rings. The van der Waals surface area contributed by atoms with Crippen molar-refractivity contribution in [2.45, 2.75) is 18.8 Å². The van der Waals surface area contributed by atoms with Crippen molar-refractivity contribution in [2.75, 3.05) is 0 Å². The summed E-state index contributed by atoms with van der Waals surface area (Å²) in [6.07, 6.45) is 4.50. The Morgan fingerprint density at radius 1 is 1.33 bits per heavy atom. The number of cyclic esters (lactones) is 2. The van der Waals surface area contributed by atoms with E-state index in [4.69, 9.17) is 11.5 Å². The zero-order valence-electron chi connectivity index (χ0n) is 6.07. The van der Waals surface area contributed by atoms with Crippen molar-refractivity contribution in [1.82, 2.24) is 0 Å². The minimum Gasteiger partial charge on any atom is -0.388 e. The fraction of sp³-hybridized carbons (Fsp3) is 0.429. The number of rotatable bonds is 0. The maximum atomic E-state index is 10.7. The first-order valence-corrected chi connectivity index (χ1v) is 3.19. The fourth-order valence-corrected chi connectivity index (χ4v) is 0.695. The maximum absolute atomic E-state index is 10.7. The summed E-state index contributed by atoms with van der Waals surface area (Å²) in [5.41, 5.74) is 0. The fourth-order valence-electron chi connectivity index (χ4n) is 0.695. The largest absolute Gasteiger partial charge is 0.445 e. The molecule has 1 aliphatic heterocycles. The van der Waals surface area contributed by atoms with E-state index in [9.17, 15) is 9.59 Å². The number of hydrogen-bond donors (Lipinski definition) is 1. The molecule has 0 spiro atoms. The van der Waals surface area contributed by atoms with Gasteiger partial charge in [0, 0.05) is 5.92 Å². The SMILES string of the molecule is C#CC1(O)OC(=O)CCC(=O)O1. The van der Waals surface area contributed by atoms with Gasteiger partial charge in [0.2, 0.25) is 0 Å². The number of ether oxygens (including phenoxy) is 2. The average Bonchev–Trinajstić information content (AvgIpc) is 2.11. The van der Waals surface area contributed by atoms with Gasteiger partial charge in [-0.05, 0) is 0 Å². The molecule has 1 heterocycles. The Morgan fingerprint density at radius 3 is 2.08 bits per heavy atom. The average molecular weight is 170 g/mol. The first-order valence-electron chi connectivity index (χ1n) is 3.19. The molecule has 12 heavy (non-hydrogen) atoms. The summed E-state index contributed by atoms with van der Waals surface area (Å²) in [6.45, 7) is 0. The Balaban J connectivity index is 2.83. The highest BCUT2D eigenvalue weighted by Crippen LogP contribution is 2.15. The molecule has 5 nitrogen and oxygen atoms in total. The van der Waals surface area contributed by atoms with Gasteiger partial charge in [0.15, 0.2) is 0 Å². The lowest BCUT2D eigenvalue weighted by atomic mass is 10.3. The summed E-state index contributed by atoms with van der Waals surface area (Å²) in [5.74, 6) is -2.40. The number of carbonyl (C=O) groups is 2. The molecule has 0 amide bonds. The highest BCUT2D eigenvalue weighted by molar-refractivity contribution is 5.80. The summed E-state index contributed by atoms with van der Waals surface area (Å²) < 4.78 is 8.51. The second-order valence-corrected chi connectivity index (χ2v) is 2.17. The van der Waals surface area contributed by atoms with Crippen LogP contribution in [0.4, 0.5) is 0 Å². The van der Waals surface area contributed by atoms with Crippen LogP contribution in [0.2, 0.25) is 0 Å². The van der Waals surface area contributed by atoms with Crippen molar-refractivity contribution >= 4 is 11.9 Å². The Labute approximate surface area is 68.3 Å². The summed E-state index contributed by atoms with van der Waals surface area (Å²) in [5, 5.41) is 9.08. The van der Waals surface area contributed by atoms with Gasteiger partial charge in [0.05, 0.1) is 12.8 Å². The van der Waals surface area contributed by atoms with Crippen molar-refractivity contribution in [2.24, 2.45) is 0 Å². The molecule has 0 aromatic carbocycles. The standard InChI is InChI=1S/C7H6O5/c1-2-7(10)11-5(8)3-4-6(9)12-7/h1,10H,3-4H2. The summed E-state index contributed by atoms with van der Waals surface area (Å²) in [4.78, 5) is 21.4. The third-order valence-corrected chi connectivity index (χ3v) is 1.22. The lowest BCUT2D eigenvalue weighted by Crippen LogP contribution is -2.35. The summed E-state index contributed by atoms with van der Waals surface area (Å²) in [7, 11) is 0. The van der Waals surface area contributed by atoms with Crippen LogP contribution in [0.25, 0.3) is 0 Å². The molecular formula is C7H6O5. The monoisotopic (exact) mass is 170 g/mol. The van der Waals surface area contributed by atoms with E-state index >= 15 is 0 Å². The normalized spacial score (nSPS) is 21.7. The van der Waals surface area contributed by atoms with Crippen LogP contribution in [0.1, 0.15) is 12.8 Å². The topological polar surface area (TPSA) is 72.8 Å². The van der Waals surface area contributed by atoms with Gasteiger partial charge in [-0.3, -0.25) is 9.59 Å². The van der Waals surface area contributed by atoms with E-state index < -0.39 is 17.9 Å². The molecule has 0 unspecified atom stereocenters. The predicted octanol–water partition coefficient (Wildman–Crippen LogP) is -0.854. The molecule has 5 heteroatoms. The van der Waals surface area contributed by atoms with Crippen molar-refractivity contribution in [3.63, 3.8) is 0 Å². The molecule has 0 aromatic rings. The van der Waals surface area contributed by atoms with Crippen LogP contribution in [0, 0.1) is 12.3 Å². The first kappa shape index (κ1) is 8.56. The smallest absolute Gasteiger partial charge is 0.388 e. The number of aliphatic hydroxyl groups is 1. The molecule has 0 aliphatic carbocycles. The Morgan fingerprint density at radius 2 is 1.75 bits per heavy atom. The third kappa shape index (κ3) is 1.74. The Kier molecular flexibility index (Phi) is 2.02. The van der Waals surface area contributed by atoms with E-state index in [1.807, 2.05) is 0 Å². The zero-order chi connectivity index (χ0) is 9.19. The van der Waals surface area contributed by atoms with Crippen molar-refractivity contribution in [1.29, 1.82) is 0 Å². The molecule has 0 radical (unpaired) electrons. The van der Waals surface area contributed by atoms with Crippen LogP contribution in [-0.4, -0.2) is 23.0 Å². The van der Waals surface area contributed by atoms with E-state index in [1.165, 1.54) is 0 Å². The van der Waals surface area contributed by atoms with Crippen LogP contribution >= 0.6 is 0 Å². The van der Waals surface area contributed by atoms with E-state index in [2.05, 4.69) is 9.47 Å². The summed E-state index contributed by atoms with van der Waals surface area (Å²) >= 11 is 0. The minimum absolute atomic E-state index is 0.136. The second kappa shape index (κ2) is 2.83. The van der Waals surface area contributed by atoms with Crippen LogP contribution in [0.15, 0.2) is 0 Å². The van der Waals surface area contributed by atoms with Crippen LogP contribution in [-0.2, 0) is 19.1 Å².